The number of carboxylic acid groups (broad SMARTS) is 1. The number of hydrogen-bond donors (Lipinski definition) is 2. The van der Waals surface area contributed by atoms with E-state index in [9.17, 15) is 14.7 Å². The highest BCUT2D eigenvalue weighted by atomic mass is 16.4. The first-order chi connectivity index (χ1) is 10.0. The van der Waals surface area contributed by atoms with Crippen LogP contribution in [0.2, 0.25) is 0 Å². The van der Waals surface area contributed by atoms with Crippen molar-refractivity contribution in [3.05, 3.63) is 23.8 Å². The maximum atomic E-state index is 11.5. The molecule has 21 heavy (non-hydrogen) atoms. The Kier molecular flexibility index (Phi) is 4.80. The maximum absolute atomic E-state index is 11.5. The van der Waals surface area contributed by atoms with E-state index in [1.165, 1.54) is 13.0 Å². The van der Waals surface area contributed by atoms with Crippen LogP contribution in [0.1, 0.15) is 24.2 Å². The highest BCUT2D eigenvalue weighted by Crippen LogP contribution is 2.25. The van der Waals surface area contributed by atoms with Crippen molar-refractivity contribution in [3.8, 4) is 0 Å². The van der Waals surface area contributed by atoms with Crippen molar-refractivity contribution in [1.82, 2.24) is 4.90 Å². The lowest BCUT2D eigenvalue weighted by Gasteiger charge is -2.36. The van der Waals surface area contributed by atoms with Crippen LogP contribution < -0.4 is 10.2 Å². The highest BCUT2D eigenvalue weighted by Gasteiger charge is 2.21. The molecule has 0 unspecified atom stereocenters. The lowest BCUT2D eigenvalue weighted by Crippen LogP contribution is -2.46. The monoisotopic (exact) mass is 291 g/mol. The molecule has 0 aliphatic carbocycles. The van der Waals surface area contributed by atoms with Crippen molar-refractivity contribution in [3.63, 3.8) is 0 Å². The van der Waals surface area contributed by atoms with Crippen molar-refractivity contribution in [2.75, 3.05) is 42.9 Å². The molecule has 0 saturated carbocycles. The van der Waals surface area contributed by atoms with Crippen molar-refractivity contribution in [1.29, 1.82) is 0 Å². The Labute approximate surface area is 124 Å². The van der Waals surface area contributed by atoms with Gasteiger partial charge in [0.25, 0.3) is 0 Å². The van der Waals surface area contributed by atoms with E-state index in [4.69, 9.17) is 0 Å². The summed E-state index contributed by atoms with van der Waals surface area (Å²) in [5.74, 6) is -1.19. The van der Waals surface area contributed by atoms with Gasteiger partial charge in [-0.25, -0.2) is 4.79 Å². The molecule has 2 rings (SSSR count). The lowest BCUT2D eigenvalue weighted by molar-refractivity contribution is -0.114. The summed E-state index contributed by atoms with van der Waals surface area (Å²) in [4.78, 5) is 27.0. The SMILES string of the molecule is CCN1CCN(c2ccc(NC(C)=O)cc2C(=O)O)CC1. The minimum atomic E-state index is -0.977. The van der Waals surface area contributed by atoms with Gasteiger partial charge in [0.05, 0.1) is 11.3 Å². The number of aromatic carboxylic acids is 1. The molecule has 1 saturated heterocycles. The van der Waals surface area contributed by atoms with Crippen LogP contribution in [-0.4, -0.2) is 54.6 Å². The smallest absolute Gasteiger partial charge is 0.337 e. The molecule has 1 aromatic rings. The Balaban J connectivity index is 2.23. The van der Waals surface area contributed by atoms with Gasteiger partial charge in [-0.05, 0) is 24.7 Å². The van der Waals surface area contributed by atoms with Crippen molar-refractivity contribution in [2.24, 2.45) is 0 Å². The van der Waals surface area contributed by atoms with E-state index < -0.39 is 5.97 Å². The van der Waals surface area contributed by atoms with Gasteiger partial charge in [-0.1, -0.05) is 6.92 Å². The molecular formula is C15H21N3O3. The van der Waals surface area contributed by atoms with Crippen LogP contribution >= 0.6 is 0 Å². The second-order valence-electron chi connectivity index (χ2n) is 5.14. The molecule has 1 amide bonds. The maximum Gasteiger partial charge on any atom is 0.337 e. The van der Waals surface area contributed by atoms with E-state index >= 15 is 0 Å². The summed E-state index contributed by atoms with van der Waals surface area (Å²) in [6.07, 6.45) is 0. The summed E-state index contributed by atoms with van der Waals surface area (Å²) in [6, 6.07) is 5.04. The van der Waals surface area contributed by atoms with Gasteiger partial charge in [-0.2, -0.15) is 0 Å². The van der Waals surface area contributed by atoms with E-state index in [1.807, 2.05) is 0 Å². The number of carboxylic acids is 1. The summed E-state index contributed by atoms with van der Waals surface area (Å²) in [7, 11) is 0. The summed E-state index contributed by atoms with van der Waals surface area (Å²) >= 11 is 0. The first-order valence-corrected chi connectivity index (χ1v) is 7.13. The van der Waals surface area contributed by atoms with Crippen LogP contribution in [0.3, 0.4) is 0 Å². The Bertz CT molecular complexity index is 537. The predicted molar refractivity (Wildman–Crippen MR) is 82.0 cm³/mol. The fourth-order valence-electron chi connectivity index (χ4n) is 2.57. The highest BCUT2D eigenvalue weighted by molar-refractivity contribution is 5.97. The zero-order valence-corrected chi connectivity index (χ0v) is 12.4. The van der Waals surface area contributed by atoms with E-state index in [1.54, 1.807) is 12.1 Å². The third-order valence-electron chi connectivity index (χ3n) is 3.71. The van der Waals surface area contributed by atoms with Gasteiger partial charge in [0.2, 0.25) is 5.91 Å². The number of likely N-dealkylation sites (N-methyl/N-ethyl adjacent to an activating group) is 1. The molecule has 0 atom stereocenters. The number of nitrogens with zero attached hydrogens (tertiary/aromatic N) is 2. The normalized spacial score (nSPS) is 15.8. The summed E-state index contributed by atoms with van der Waals surface area (Å²) < 4.78 is 0. The first kappa shape index (κ1) is 15.3. The largest absolute Gasteiger partial charge is 0.478 e. The van der Waals surface area contributed by atoms with Gasteiger partial charge in [0, 0.05) is 38.8 Å². The van der Waals surface area contributed by atoms with Crippen molar-refractivity contribution >= 4 is 23.3 Å². The molecule has 2 N–H and O–H groups in total. The van der Waals surface area contributed by atoms with E-state index in [0.29, 0.717) is 11.4 Å². The number of carbonyl (C=O) groups excluding carboxylic acids is 1. The van der Waals surface area contributed by atoms with Gasteiger partial charge < -0.3 is 20.2 Å². The number of amides is 1. The standard InChI is InChI=1S/C15H21N3O3/c1-3-17-6-8-18(9-7-17)14-5-4-12(16-11(2)19)10-13(14)15(20)21/h4-5,10H,3,6-9H2,1-2H3,(H,16,19)(H,20,21). The minimum Gasteiger partial charge on any atom is -0.478 e. The molecule has 1 fully saturated rings. The average Bonchev–Trinajstić information content (AvgIpc) is 2.46. The molecule has 6 nitrogen and oxygen atoms in total. The number of hydrogen-bond acceptors (Lipinski definition) is 4. The lowest BCUT2D eigenvalue weighted by atomic mass is 10.1. The molecule has 1 aliphatic rings. The second kappa shape index (κ2) is 6.58. The molecule has 6 heteroatoms. The van der Waals surface area contributed by atoms with Gasteiger partial charge in [0.15, 0.2) is 0 Å². The van der Waals surface area contributed by atoms with Gasteiger partial charge in [0.1, 0.15) is 0 Å². The van der Waals surface area contributed by atoms with Crippen molar-refractivity contribution in [2.45, 2.75) is 13.8 Å². The summed E-state index contributed by atoms with van der Waals surface area (Å²) in [5, 5.41) is 12.0. The fraction of sp³-hybridized carbons (Fsp3) is 0.467. The zero-order chi connectivity index (χ0) is 15.4. The first-order valence-electron chi connectivity index (χ1n) is 7.13. The van der Waals surface area contributed by atoms with Crippen LogP contribution in [0, 0.1) is 0 Å². The quantitative estimate of drug-likeness (QED) is 0.879. The number of carbonyl (C=O) groups is 2. The molecule has 1 heterocycles. The molecule has 0 bridgehead atoms. The third kappa shape index (κ3) is 3.72. The Morgan fingerprint density at radius 2 is 1.90 bits per heavy atom. The number of anilines is 2. The van der Waals surface area contributed by atoms with Crippen LogP contribution in [0.25, 0.3) is 0 Å². The van der Waals surface area contributed by atoms with Gasteiger partial charge in [-0.15, -0.1) is 0 Å². The average molecular weight is 291 g/mol. The predicted octanol–water partition coefficient (Wildman–Crippen LogP) is 1.49. The van der Waals surface area contributed by atoms with Crippen LogP contribution in [-0.2, 0) is 4.79 Å². The van der Waals surface area contributed by atoms with Crippen LogP contribution in [0.4, 0.5) is 11.4 Å². The topological polar surface area (TPSA) is 72.9 Å². The molecule has 114 valence electrons. The Morgan fingerprint density at radius 3 is 2.43 bits per heavy atom. The number of piperazine rings is 1. The Hall–Kier alpha value is -2.08. The van der Waals surface area contributed by atoms with Crippen LogP contribution in [0.15, 0.2) is 18.2 Å². The molecule has 0 radical (unpaired) electrons. The molecule has 1 aliphatic heterocycles. The van der Waals surface area contributed by atoms with E-state index in [0.717, 1.165) is 32.7 Å². The number of rotatable bonds is 4. The molecule has 0 aromatic heterocycles. The van der Waals surface area contributed by atoms with Gasteiger partial charge >= 0.3 is 5.97 Å². The zero-order valence-electron chi connectivity index (χ0n) is 12.4. The second-order valence-corrected chi connectivity index (χ2v) is 5.14. The summed E-state index contributed by atoms with van der Waals surface area (Å²) in [5.41, 5.74) is 1.45. The van der Waals surface area contributed by atoms with E-state index in [-0.39, 0.29) is 11.5 Å². The van der Waals surface area contributed by atoms with Crippen LogP contribution in [0.5, 0.6) is 0 Å². The van der Waals surface area contributed by atoms with Gasteiger partial charge in [-0.3, -0.25) is 4.79 Å². The van der Waals surface area contributed by atoms with Crippen molar-refractivity contribution < 1.29 is 14.7 Å². The third-order valence-corrected chi connectivity index (χ3v) is 3.71. The molecule has 0 spiro atoms. The molecular weight excluding hydrogens is 270 g/mol. The Morgan fingerprint density at radius 1 is 1.24 bits per heavy atom. The summed E-state index contributed by atoms with van der Waals surface area (Å²) in [6.45, 7) is 8.03. The number of nitrogens with one attached hydrogen (secondary N) is 1. The fourth-order valence-corrected chi connectivity index (χ4v) is 2.57. The molecule has 1 aromatic carbocycles. The minimum absolute atomic E-state index is 0.212. The number of benzene rings is 1. The van der Waals surface area contributed by atoms with E-state index in [2.05, 4.69) is 22.0 Å².